The number of aliphatic carboxylic acids is 3. The van der Waals surface area contributed by atoms with Gasteiger partial charge in [-0.3, -0.25) is 14.9 Å². The summed E-state index contributed by atoms with van der Waals surface area (Å²) >= 11 is 0. The summed E-state index contributed by atoms with van der Waals surface area (Å²) in [6, 6.07) is 14.2. The normalized spacial score (nSPS) is 14.8. The molecule has 260 valence electrons. The van der Waals surface area contributed by atoms with Gasteiger partial charge in [0.1, 0.15) is 0 Å². The van der Waals surface area contributed by atoms with Crippen LogP contribution in [0.2, 0.25) is 0 Å². The molecule has 0 spiro atoms. The molecule has 4 aromatic heterocycles. The predicted molar refractivity (Wildman–Crippen MR) is 144 cm³/mol. The Hall–Kier alpha value is -5.34. The lowest BCUT2D eigenvalue weighted by Gasteiger charge is -2.14. The minimum absolute atomic E-state index is 0.371. The van der Waals surface area contributed by atoms with Gasteiger partial charge in [0.2, 0.25) is 0 Å². The maximum Gasteiger partial charge on any atom is 0.490 e. The van der Waals surface area contributed by atoms with Crippen molar-refractivity contribution < 1.29 is 69.2 Å². The first kappa shape index (κ1) is 38.8. The molecule has 1 atom stereocenters. The fourth-order valence-electron chi connectivity index (χ4n) is 3.69. The summed E-state index contributed by atoms with van der Waals surface area (Å²) in [5.41, 5.74) is 4.18. The predicted octanol–water partition coefficient (Wildman–Crippen LogP) is 5.08. The summed E-state index contributed by atoms with van der Waals surface area (Å²) in [4.78, 5) is 42.5. The average Bonchev–Trinajstić information content (AvgIpc) is 3.64. The molecular formula is C27H23F9N6O6. The largest absolute Gasteiger partial charge is 0.490 e. The standard InChI is InChI=1S/C21H20N6.3C2HF3O2/c1-2-10-23-19(5-1)15-26-11-8-18(13-26)21-24-20-7-6-17(14-27(20)25-21)16-4-3-9-22-12-16;3*3-2(4,5)1(6)7/h1-7,9-10,12,14,18H,8,11,13,15H2;3*(H,6,7). The molecule has 1 aliphatic rings. The quantitative estimate of drug-likeness (QED) is 0.243. The topological polar surface area (TPSA) is 171 Å². The van der Waals surface area contributed by atoms with Crippen molar-refractivity contribution in [3.8, 4) is 11.1 Å². The summed E-state index contributed by atoms with van der Waals surface area (Å²) in [5, 5.41) is 26.1. The van der Waals surface area contributed by atoms with Crippen LogP contribution >= 0.6 is 0 Å². The lowest BCUT2D eigenvalue weighted by Crippen LogP contribution is -2.21. The summed E-state index contributed by atoms with van der Waals surface area (Å²) in [6.45, 7) is 2.91. The number of rotatable bonds is 4. The Morgan fingerprint density at radius 2 is 1.35 bits per heavy atom. The first-order valence-corrected chi connectivity index (χ1v) is 13.0. The van der Waals surface area contributed by atoms with Gasteiger partial charge in [-0.05, 0) is 43.3 Å². The van der Waals surface area contributed by atoms with E-state index >= 15 is 0 Å². The zero-order chi connectivity index (χ0) is 36.3. The number of aromatic nitrogens is 5. The molecule has 1 unspecified atom stereocenters. The Balaban J connectivity index is 0.000000313. The van der Waals surface area contributed by atoms with Crippen molar-refractivity contribution in [1.82, 2.24) is 29.5 Å². The maximum absolute atomic E-state index is 10.6. The number of nitrogens with zero attached hydrogens (tertiary/aromatic N) is 6. The molecule has 0 bridgehead atoms. The Morgan fingerprint density at radius 3 is 1.83 bits per heavy atom. The van der Waals surface area contributed by atoms with Crippen LogP contribution in [-0.4, -0.2) is 94.3 Å². The van der Waals surface area contributed by atoms with Gasteiger partial charge in [0.15, 0.2) is 11.5 Å². The summed E-state index contributed by atoms with van der Waals surface area (Å²) in [5.74, 6) is -6.97. The van der Waals surface area contributed by atoms with Crippen LogP contribution in [0.1, 0.15) is 23.9 Å². The van der Waals surface area contributed by atoms with Crippen molar-refractivity contribution in [2.75, 3.05) is 13.1 Å². The van der Waals surface area contributed by atoms with Gasteiger partial charge in [0, 0.05) is 54.9 Å². The highest BCUT2D eigenvalue weighted by atomic mass is 19.4. The number of hydrogen-bond acceptors (Lipinski definition) is 8. The molecular weight excluding hydrogens is 675 g/mol. The molecule has 0 aromatic carbocycles. The van der Waals surface area contributed by atoms with Gasteiger partial charge >= 0.3 is 36.4 Å². The van der Waals surface area contributed by atoms with Crippen molar-refractivity contribution in [1.29, 1.82) is 0 Å². The third-order valence-electron chi connectivity index (χ3n) is 5.82. The number of fused-ring (bicyclic) bond motifs is 1. The van der Waals surface area contributed by atoms with Crippen molar-refractivity contribution in [2.45, 2.75) is 37.4 Å². The zero-order valence-electron chi connectivity index (χ0n) is 23.9. The van der Waals surface area contributed by atoms with E-state index in [0.717, 1.165) is 54.3 Å². The van der Waals surface area contributed by atoms with Gasteiger partial charge in [-0.15, -0.1) is 0 Å². The number of halogens is 9. The zero-order valence-corrected chi connectivity index (χ0v) is 23.9. The lowest BCUT2D eigenvalue weighted by molar-refractivity contribution is -0.193. The van der Waals surface area contributed by atoms with Crippen LogP contribution < -0.4 is 0 Å². The minimum atomic E-state index is -5.08. The summed E-state index contributed by atoms with van der Waals surface area (Å²) in [7, 11) is 0. The van der Waals surface area contributed by atoms with E-state index in [2.05, 4.69) is 33.1 Å². The van der Waals surface area contributed by atoms with Crippen LogP contribution in [0.15, 0.2) is 67.3 Å². The number of carboxylic acids is 3. The molecule has 3 N–H and O–H groups in total. The number of carbonyl (C=O) groups is 3. The summed E-state index contributed by atoms with van der Waals surface area (Å²) < 4.78 is 97.1. The Labute approximate surface area is 263 Å². The molecule has 1 fully saturated rings. The monoisotopic (exact) mass is 698 g/mol. The molecule has 1 saturated heterocycles. The molecule has 0 amide bonds. The van der Waals surface area contributed by atoms with Gasteiger partial charge in [-0.25, -0.2) is 23.9 Å². The van der Waals surface area contributed by atoms with Crippen molar-refractivity contribution >= 4 is 23.6 Å². The van der Waals surface area contributed by atoms with Crippen molar-refractivity contribution in [2.24, 2.45) is 0 Å². The van der Waals surface area contributed by atoms with E-state index in [1.165, 1.54) is 0 Å². The fraction of sp³-hybridized carbons (Fsp3) is 0.296. The third-order valence-corrected chi connectivity index (χ3v) is 5.82. The first-order chi connectivity index (χ1) is 22.2. The third kappa shape index (κ3) is 12.8. The van der Waals surface area contributed by atoms with Crippen molar-refractivity contribution in [3.05, 3.63) is 78.8 Å². The minimum Gasteiger partial charge on any atom is -0.475 e. The maximum atomic E-state index is 10.6. The van der Waals surface area contributed by atoms with E-state index in [1.807, 2.05) is 47.4 Å². The Morgan fingerprint density at radius 1 is 0.771 bits per heavy atom. The highest BCUT2D eigenvalue weighted by Crippen LogP contribution is 2.27. The average molecular weight is 698 g/mol. The molecule has 5 rings (SSSR count). The Bertz CT molecular complexity index is 1590. The molecule has 0 radical (unpaired) electrons. The number of alkyl halides is 9. The van der Waals surface area contributed by atoms with Gasteiger partial charge in [0.05, 0.1) is 5.69 Å². The van der Waals surface area contributed by atoms with Crippen LogP contribution in [0.5, 0.6) is 0 Å². The van der Waals surface area contributed by atoms with Gasteiger partial charge in [-0.1, -0.05) is 12.1 Å². The van der Waals surface area contributed by atoms with Crippen LogP contribution in [0.4, 0.5) is 39.5 Å². The van der Waals surface area contributed by atoms with Gasteiger partial charge in [0.25, 0.3) is 0 Å². The van der Waals surface area contributed by atoms with Crippen LogP contribution in [-0.2, 0) is 20.9 Å². The van der Waals surface area contributed by atoms with E-state index in [4.69, 9.17) is 39.8 Å². The second-order valence-electron chi connectivity index (χ2n) is 9.38. The molecule has 1 aliphatic heterocycles. The number of likely N-dealkylation sites (tertiary alicyclic amines) is 1. The molecule has 21 heteroatoms. The van der Waals surface area contributed by atoms with Crippen LogP contribution in [0.25, 0.3) is 16.8 Å². The van der Waals surface area contributed by atoms with E-state index in [9.17, 15) is 39.5 Å². The van der Waals surface area contributed by atoms with Crippen LogP contribution in [0, 0.1) is 0 Å². The molecule has 48 heavy (non-hydrogen) atoms. The molecule has 12 nitrogen and oxygen atoms in total. The molecule has 5 heterocycles. The number of carboxylic acid groups (broad SMARTS) is 3. The van der Waals surface area contributed by atoms with E-state index in [-0.39, 0.29) is 0 Å². The number of hydrogen-bond donors (Lipinski definition) is 3. The number of pyridine rings is 3. The van der Waals surface area contributed by atoms with Crippen LogP contribution in [0.3, 0.4) is 0 Å². The smallest absolute Gasteiger partial charge is 0.475 e. The second-order valence-corrected chi connectivity index (χ2v) is 9.38. The van der Waals surface area contributed by atoms with E-state index in [0.29, 0.717) is 5.92 Å². The highest BCUT2D eigenvalue weighted by Gasteiger charge is 2.39. The second kappa shape index (κ2) is 16.5. The summed E-state index contributed by atoms with van der Waals surface area (Å²) in [6.07, 6.45) is -6.63. The highest BCUT2D eigenvalue weighted by molar-refractivity contribution is 5.73. The Kier molecular flexibility index (Phi) is 13.3. The first-order valence-electron chi connectivity index (χ1n) is 13.0. The molecule has 4 aromatic rings. The fourth-order valence-corrected chi connectivity index (χ4v) is 3.69. The molecule has 0 saturated carbocycles. The van der Waals surface area contributed by atoms with Gasteiger partial charge < -0.3 is 15.3 Å². The van der Waals surface area contributed by atoms with E-state index in [1.54, 1.807) is 6.20 Å². The van der Waals surface area contributed by atoms with Gasteiger partial charge in [-0.2, -0.15) is 44.6 Å². The SMILES string of the molecule is O=C(O)C(F)(F)F.O=C(O)C(F)(F)F.O=C(O)C(F)(F)F.c1ccc(CN2CCC(c3nc4ccc(-c5cccnc5)cn4n3)C2)nc1. The molecule has 0 aliphatic carbocycles. The lowest BCUT2D eigenvalue weighted by atomic mass is 10.1. The van der Waals surface area contributed by atoms with Crippen molar-refractivity contribution in [3.63, 3.8) is 0 Å². The van der Waals surface area contributed by atoms with E-state index < -0.39 is 36.4 Å².